The van der Waals surface area contributed by atoms with Crippen molar-refractivity contribution < 1.29 is 9.53 Å². The first-order valence-electron chi connectivity index (χ1n) is 7.49. The van der Waals surface area contributed by atoms with Crippen molar-refractivity contribution in [1.82, 2.24) is 9.80 Å². The molecule has 1 amide bonds. The maximum atomic E-state index is 12.7. The summed E-state index contributed by atoms with van der Waals surface area (Å²) in [5.74, 6) is 0.661. The molecule has 0 atom stereocenters. The fraction of sp³-hybridized carbons (Fsp3) is 0.471. The Kier molecular flexibility index (Phi) is 5.48. The Morgan fingerprint density at radius 1 is 1.27 bits per heavy atom. The third-order valence-corrected chi connectivity index (χ3v) is 4.00. The van der Waals surface area contributed by atoms with Crippen molar-refractivity contribution in [2.24, 2.45) is 0 Å². The van der Waals surface area contributed by atoms with Crippen LogP contribution < -0.4 is 4.74 Å². The molecule has 1 aromatic carbocycles. The average Bonchev–Trinajstić information content (AvgIpc) is 2.50. The summed E-state index contributed by atoms with van der Waals surface area (Å²) in [4.78, 5) is 16.8. The molecule has 0 spiro atoms. The van der Waals surface area contributed by atoms with Crippen LogP contribution in [0.2, 0.25) is 5.02 Å². The Bertz CT molecular complexity index is 520. The van der Waals surface area contributed by atoms with Crippen LogP contribution in [0.15, 0.2) is 36.9 Å². The Hall–Kier alpha value is -1.52. The molecule has 1 saturated heterocycles. The van der Waals surface area contributed by atoms with Gasteiger partial charge in [-0.05, 0) is 38.1 Å². The summed E-state index contributed by atoms with van der Waals surface area (Å²) in [6.45, 7) is 11.4. The molecule has 1 aromatic rings. The molecule has 0 radical (unpaired) electrons. The van der Waals surface area contributed by atoms with Crippen LogP contribution >= 0.6 is 11.6 Å². The number of hydrogen-bond donors (Lipinski definition) is 0. The van der Waals surface area contributed by atoms with E-state index in [0.29, 0.717) is 10.8 Å². The highest BCUT2D eigenvalue weighted by Gasteiger charge is 2.35. The summed E-state index contributed by atoms with van der Waals surface area (Å²) in [6.07, 6.45) is 1.89. The smallest absolute Gasteiger partial charge is 0.266 e. The van der Waals surface area contributed by atoms with E-state index in [9.17, 15) is 4.79 Å². The van der Waals surface area contributed by atoms with Gasteiger partial charge in [0, 0.05) is 37.7 Å². The van der Waals surface area contributed by atoms with Crippen LogP contribution in [0.25, 0.3) is 0 Å². The van der Waals surface area contributed by atoms with Gasteiger partial charge in [0.25, 0.3) is 5.91 Å². The second-order valence-corrected chi connectivity index (χ2v) is 6.38. The highest BCUT2D eigenvalue weighted by atomic mass is 35.5. The number of halogens is 1. The number of carbonyl (C=O) groups excluding carboxylic acids is 1. The number of hydrogen-bond acceptors (Lipinski definition) is 3. The van der Waals surface area contributed by atoms with Gasteiger partial charge in [0.1, 0.15) is 5.75 Å². The predicted molar refractivity (Wildman–Crippen MR) is 89.4 cm³/mol. The van der Waals surface area contributed by atoms with Gasteiger partial charge in [-0.3, -0.25) is 9.69 Å². The van der Waals surface area contributed by atoms with Crippen molar-refractivity contribution in [3.05, 3.63) is 41.9 Å². The summed E-state index contributed by atoms with van der Waals surface area (Å²) >= 11 is 5.86. The molecular weight excluding hydrogens is 300 g/mol. The largest absolute Gasteiger partial charge is 0.478 e. The normalized spacial score (nSPS) is 16.4. The van der Waals surface area contributed by atoms with Gasteiger partial charge < -0.3 is 9.64 Å². The Morgan fingerprint density at radius 3 is 2.41 bits per heavy atom. The maximum Gasteiger partial charge on any atom is 0.266 e. The molecule has 2 rings (SSSR count). The fourth-order valence-corrected chi connectivity index (χ4v) is 2.66. The van der Waals surface area contributed by atoms with Gasteiger partial charge in [0.15, 0.2) is 5.60 Å². The van der Waals surface area contributed by atoms with Crippen LogP contribution in [0.3, 0.4) is 0 Å². The molecule has 120 valence electrons. The number of piperazine rings is 1. The van der Waals surface area contributed by atoms with Crippen LogP contribution in [0.1, 0.15) is 13.8 Å². The van der Waals surface area contributed by atoms with E-state index in [1.807, 2.05) is 11.0 Å². The third-order valence-electron chi connectivity index (χ3n) is 3.75. The van der Waals surface area contributed by atoms with Gasteiger partial charge in [0.05, 0.1) is 0 Å². The van der Waals surface area contributed by atoms with Gasteiger partial charge in [-0.15, -0.1) is 6.58 Å². The van der Waals surface area contributed by atoms with Crippen molar-refractivity contribution in [3.8, 4) is 5.75 Å². The monoisotopic (exact) mass is 322 g/mol. The lowest BCUT2D eigenvalue weighted by Crippen LogP contribution is -2.55. The molecule has 0 saturated carbocycles. The molecule has 0 aliphatic carbocycles. The Labute approximate surface area is 137 Å². The summed E-state index contributed by atoms with van der Waals surface area (Å²) in [5.41, 5.74) is -0.894. The van der Waals surface area contributed by atoms with E-state index in [4.69, 9.17) is 16.3 Å². The minimum absolute atomic E-state index is 0.0145. The minimum atomic E-state index is -0.894. The minimum Gasteiger partial charge on any atom is -0.478 e. The molecule has 0 N–H and O–H groups in total. The van der Waals surface area contributed by atoms with Crippen molar-refractivity contribution in [3.63, 3.8) is 0 Å². The van der Waals surface area contributed by atoms with Crippen LogP contribution in [0.5, 0.6) is 5.75 Å². The quantitative estimate of drug-likeness (QED) is 0.781. The molecule has 5 heteroatoms. The average molecular weight is 323 g/mol. The molecule has 4 nitrogen and oxygen atoms in total. The molecule has 1 heterocycles. The molecule has 1 aliphatic rings. The van der Waals surface area contributed by atoms with Gasteiger partial charge in [-0.25, -0.2) is 0 Å². The van der Waals surface area contributed by atoms with E-state index >= 15 is 0 Å². The van der Waals surface area contributed by atoms with Crippen molar-refractivity contribution in [1.29, 1.82) is 0 Å². The van der Waals surface area contributed by atoms with Crippen LogP contribution in [0, 0.1) is 0 Å². The first-order valence-corrected chi connectivity index (χ1v) is 7.87. The lowest BCUT2D eigenvalue weighted by atomic mass is 10.1. The number of ether oxygens (including phenoxy) is 1. The number of benzene rings is 1. The van der Waals surface area contributed by atoms with Crippen LogP contribution in [-0.2, 0) is 4.79 Å². The fourth-order valence-electron chi connectivity index (χ4n) is 2.54. The zero-order valence-electron chi connectivity index (χ0n) is 13.2. The molecule has 0 unspecified atom stereocenters. The highest BCUT2D eigenvalue weighted by Crippen LogP contribution is 2.22. The SMILES string of the molecule is C=CCN1CCN(C(=O)C(C)(C)Oc2ccc(Cl)cc2)CC1. The second kappa shape index (κ2) is 7.16. The summed E-state index contributed by atoms with van der Waals surface area (Å²) < 4.78 is 5.87. The highest BCUT2D eigenvalue weighted by molar-refractivity contribution is 6.30. The first-order chi connectivity index (χ1) is 10.4. The Balaban J connectivity index is 1.95. The van der Waals surface area contributed by atoms with E-state index in [-0.39, 0.29) is 5.91 Å². The van der Waals surface area contributed by atoms with E-state index in [0.717, 1.165) is 32.7 Å². The van der Waals surface area contributed by atoms with Gasteiger partial charge in [-0.1, -0.05) is 17.7 Å². The van der Waals surface area contributed by atoms with Crippen molar-refractivity contribution in [2.75, 3.05) is 32.7 Å². The molecule has 0 aromatic heterocycles. The van der Waals surface area contributed by atoms with Gasteiger partial charge in [-0.2, -0.15) is 0 Å². The maximum absolute atomic E-state index is 12.7. The number of rotatable bonds is 5. The summed E-state index contributed by atoms with van der Waals surface area (Å²) in [7, 11) is 0. The summed E-state index contributed by atoms with van der Waals surface area (Å²) in [5, 5.41) is 0.648. The standard InChI is InChI=1S/C17H23ClN2O2/c1-4-9-19-10-12-20(13-11-19)16(21)17(2,3)22-15-7-5-14(18)6-8-15/h4-8H,1,9-13H2,2-3H3. The molecule has 0 bridgehead atoms. The Morgan fingerprint density at radius 2 is 1.86 bits per heavy atom. The molecule has 1 aliphatic heterocycles. The van der Waals surface area contributed by atoms with Crippen molar-refractivity contribution >= 4 is 17.5 Å². The van der Waals surface area contributed by atoms with E-state index in [2.05, 4.69) is 11.5 Å². The number of carbonyl (C=O) groups is 1. The second-order valence-electron chi connectivity index (χ2n) is 5.95. The van der Waals surface area contributed by atoms with E-state index in [1.54, 1.807) is 38.1 Å². The topological polar surface area (TPSA) is 32.8 Å². The van der Waals surface area contributed by atoms with E-state index < -0.39 is 5.60 Å². The molecule has 1 fully saturated rings. The lowest BCUT2D eigenvalue weighted by Gasteiger charge is -2.38. The number of amides is 1. The van der Waals surface area contributed by atoms with Crippen LogP contribution in [0.4, 0.5) is 0 Å². The zero-order chi connectivity index (χ0) is 16.2. The van der Waals surface area contributed by atoms with Crippen molar-refractivity contribution in [2.45, 2.75) is 19.4 Å². The zero-order valence-corrected chi connectivity index (χ0v) is 14.0. The van der Waals surface area contributed by atoms with E-state index in [1.165, 1.54) is 0 Å². The molecule has 22 heavy (non-hydrogen) atoms. The number of nitrogens with zero attached hydrogens (tertiary/aromatic N) is 2. The molecular formula is C17H23ClN2O2. The van der Waals surface area contributed by atoms with Gasteiger partial charge in [0.2, 0.25) is 0 Å². The first kappa shape index (κ1) is 16.8. The van der Waals surface area contributed by atoms with Crippen LogP contribution in [-0.4, -0.2) is 54.0 Å². The third kappa shape index (κ3) is 4.24. The lowest BCUT2D eigenvalue weighted by molar-refractivity contribution is -0.147. The summed E-state index contributed by atoms with van der Waals surface area (Å²) in [6, 6.07) is 7.07. The predicted octanol–water partition coefficient (Wildman–Crippen LogP) is 2.83. The van der Waals surface area contributed by atoms with Gasteiger partial charge >= 0.3 is 0 Å².